The van der Waals surface area contributed by atoms with Crippen LogP contribution in [0.3, 0.4) is 0 Å². The molecule has 1 aromatic heterocycles. The Morgan fingerprint density at radius 3 is 2.62 bits per heavy atom. The molecule has 1 fully saturated rings. The first-order valence-electron chi connectivity index (χ1n) is 6.59. The minimum Gasteiger partial charge on any atom is -0.293 e. The van der Waals surface area contributed by atoms with Crippen molar-refractivity contribution < 1.29 is 4.79 Å². The van der Waals surface area contributed by atoms with Crippen molar-refractivity contribution in [1.82, 2.24) is 4.90 Å². The second-order valence-electron chi connectivity index (χ2n) is 4.49. The normalized spacial score (nSPS) is 17.0. The Morgan fingerprint density at radius 2 is 1.95 bits per heavy atom. The fourth-order valence-corrected chi connectivity index (χ4v) is 4.48. The number of rotatable bonds is 3. The molecule has 2 aromatic rings. The molecule has 1 amide bonds. The van der Waals surface area contributed by atoms with E-state index in [1.165, 1.54) is 22.2 Å². The van der Waals surface area contributed by atoms with Gasteiger partial charge >= 0.3 is 0 Å². The van der Waals surface area contributed by atoms with Crippen LogP contribution in [0.2, 0.25) is 0 Å². The van der Waals surface area contributed by atoms with E-state index >= 15 is 0 Å². The van der Waals surface area contributed by atoms with Gasteiger partial charge in [-0.25, -0.2) is 0 Å². The molecule has 0 N–H and O–H groups in total. The average Bonchev–Trinajstić information content (AvgIpc) is 3.06. The van der Waals surface area contributed by atoms with Crippen LogP contribution in [-0.2, 0) is 0 Å². The topological polar surface area (TPSA) is 20.3 Å². The predicted octanol–water partition coefficient (Wildman–Crippen LogP) is 5.27. The van der Waals surface area contributed by atoms with E-state index in [0.29, 0.717) is 11.5 Å². The number of nitrogens with zero attached hydrogens (tertiary/aromatic N) is 1. The molecule has 0 aliphatic carbocycles. The van der Waals surface area contributed by atoms with Gasteiger partial charge in [-0.3, -0.25) is 9.69 Å². The van der Waals surface area contributed by atoms with Crippen LogP contribution in [0, 0.1) is 0 Å². The van der Waals surface area contributed by atoms with E-state index < -0.39 is 0 Å². The van der Waals surface area contributed by atoms with Gasteiger partial charge in [-0.05, 0) is 42.5 Å². The fourth-order valence-electron chi connectivity index (χ4n) is 2.09. The van der Waals surface area contributed by atoms with Gasteiger partial charge in [-0.15, -0.1) is 11.3 Å². The lowest BCUT2D eigenvalue weighted by Gasteiger charge is -2.09. The number of thiophene rings is 1. The van der Waals surface area contributed by atoms with E-state index in [1.807, 2.05) is 31.2 Å². The van der Waals surface area contributed by atoms with Crippen LogP contribution in [0.1, 0.15) is 11.8 Å². The van der Waals surface area contributed by atoms with Crippen LogP contribution >= 0.6 is 35.3 Å². The lowest BCUT2D eigenvalue weighted by atomic mass is 10.2. The average molecular weight is 331 g/mol. The summed E-state index contributed by atoms with van der Waals surface area (Å²) < 4.78 is 0. The van der Waals surface area contributed by atoms with Crippen molar-refractivity contribution in [2.45, 2.75) is 6.92 Å². The van der Waals surface area contributed by atoms with Crippen molar-refractivity contribution in [2.24, 2.45) is 0 Å². The first kappa shape index (κ1) is 14.5. The van der Waals surface area contributed by atoms with E-state index in [-0.39, 0.29) is 5.24 Å². The summed E-state index contributed by atoms with van der Waals surface area (Å²) >= 11 is 8.28. The van der Waals surface area contributed by atoms with Gasteiger partial charge < -0.3 is 0 Å². The summed E-state index contributed by atoms with van der Waals surface area (Å²) in [6, 6.07) is 14.5. The molecule has 3 rings (SSSR count). The molecular weight excluding hydrogens is 318 g/mol. The predicted molar refractivity (Wildman–Crippen MR) is 95.7 cm³/mol. The summed E-state index contributed by atoms with van der Waals surface area (Å²) in [6.07, 6.45) is 2.01. The van der Waals surface area contributed by atoms with E-state index in [9.17, 15) is 4.79 Å². The monoisotopic (exact) mass is 331 g/mol. The third-order valence-electron chi connectivity index (χ3n) is 3.15. The van der Waals surface area contributed by atoms with Gasteiger partial charge in [0.1, 0.15) is 4.99 Å². The molecular formula is C16H13NOS3. The number of hydrogen-bond donors (Lipinski definition) is 0. The van der Waals surface area contributed by atoms with Gasteiger partial charge in [0.15, 0.2) is 0 Å². The Labute approximate surface area is 137 Å². The van der Waals surface area contributed by atoms with Crippen LogP contribution in [0.4, 0.5) is 4.79 Å². The number of likely N-dealkylation sites (N-methyl/N-ethyl adjacent to an activating group) is 1. The number of amides is 1. The van der Waals surface area contributed by atoms with Gasteiger partial charge in [-0.1, -0.05) is 42.5 Å². The largest absolute Gasteiger partial charge is 0.293 e. The van der Waals surface area contributed by atoms with E-state index in [2.05, 4.69) is 24.3 Å². The third-order valence-corrected chi connectivity index (χ3v) is 5.73. The number of benzene rings is 1. The molecule has 0 radical (unpaired) electrons. The van der Waals surface area contributed by atoms with Crippen molar-refractivity contribution in [3.63, 3.8) is 0 Å². The first-order chi connectivity index (χ1) is 10.2. The number of thiocarbonyl (C=S) groups is 1. The lowest BCUT2D eigenvalue weighted by molar-refractivity contribution is 0.247. The number of carbonyl (C=O) groups is 1. The quantitative estimate of drug-likeness (QED) is 0.564. The highest BCUT2D eigenvalue weighted by molar-refractivity contribution is 8.19. The lowest BCUT2D eigenvalue weighted by Crippen LogP contribution is -2.26. The number of hydrogen-bond acceptors (Lipinski definition) is 4. The Balaban J connectivity index is 1.87. The summed E-state index contributed by atoms with van der Waals surface area (Å²) in [5.74, 6) is 0. The molecule has 0 spiro atoms. The molecule has 0 bridgehead atoms. The highest BCUT2D eigenvalue weighted by atomic mass is 32.2. The first-order valence-corrected chi connectivity index (χ1v) is 8.64. The SMILES string of the molecule is CCN1C(=O)SC(=Cc2ccc(-c3ccccc3)s2)C1=S. The maximum Gasteiger partial charge on any atom is 0.291 e. The smallest absolute Gasteiger partial charge is 0.291 e. The van der Waals surface area contributed by atoms with Gasteiger partial charge in [0.25, 0.3) is 5.24 Å². The van der Waals surface area contributed by atoms with Gasteiger partial charge in [0.05, 0.1) is 4.91 Å². The molecule has 0 atom stereocenters. The van der Waals surface area contributed by atoms with E-state index in [4.69, 9.17) is 12.2 Å². The molecule has 2 heterocycles. The van der Waals surface area contributed by atoms with Crippen molar-refractivity contribution in [2.75, 3.05) is 6.54 Å². The van der Waals surface area contributed by atoms with Gasteiger partial charge in [0, 0.05) is 16.3 Å². The summed E-state index contributed by atoms with van der Waals surface area (Å²) in [6.45, 7) is 2.56. The Bertz CT molecular complexity index is 718. The maximum absolute atomic E-state index is 11.8. The van der Waals surface area contributed by atoms with Crippen LogP contribution in [0.25, 0.3) is 16.5 Å². The van der Waals surface area contributed by atoms with E-state index in [0.717, 1.165) is 9.78 Å². The maximum atomic E-state index is 11.8. The van der Waals surface area contributed by atoms with Crippen molar-refractivity contribution in [1.29, 1.82) is 0 Å². The van der Waals surface area contributed by atoms with Gasteiger partial charge in [-0.2, -0.15) is 0 Å². The van der Waals surface area contributed by atoms with Crippen molar-refractivity contribution in [3.8, 4) is 10.4 Å². The molecule has 0 unspecified atom stereocenters. The summed E-state index contributed by atoms with van der Waals surface area (Å²) in [4.78, 5) is 17.3. The Kier molecular flexibility index (Phi) is 4.24. The Hall–Kier alpha value is -1.43. The molecule has 0 saturated carbocycles. The number of thioether (sulfide) groups is 1. The molecule has 1 aliphatic rings. The van der Waals surface area contributed by atoms with Crippen molar-refractivity contribution in [3.05, 3.63) is 52.2 Å². The van der Waals surface area contributed by atoms with Crippen LogP contribution < -0.4 is 0 Å². The zero-order valence-electron chi connectivity index (χ0n) is 11.4. The van der Waals surface area contributed by atoms with Gasteiger partial charge in [0.2, 0.25) is 0 Å². The second-order valence-corrected chi connectivity index (χ2v) is 6.99. The van der Waals surface area contributed by atoms with Crippen molar-refractivity contribution >= 4 is 51.6 Å². The molecule has 5 heteroatoms. The zero-order chi connectivity index (χ0) is 14.8. The van der Waals surface area contributed by atoms with Crippen LogP contribution in [0.15, 0.2) is 47.4 Å². The molecule has 1 aromatic carbocycles. The molecule has 21 heavy (non-hydrogen) atoms. The Morgan fingerprint density at radius 1 is 1.19 bits per heavy atom. The number of carbonyl (C=O) groups excluding carboxylic acids is 1. The molecule has 1 saturated heterocycles. The fraction of sp³-hybridized carbons (Fsp3) is 0.125. The molecule has 106 valence electrons. The highest BCUT2D eigenvalue weighted by Gasteiger charge is 2.30. The van der Waals surface area contributed by atoms with E-state index in [1.54, 1.807) is 16.2 Å². The molecule has 1 aliphatic heterocycles. The summed E-state index contributed by atoms with van der Waals surface area (Å²) in [5, 5.41) is 0.0218. The minimum atomic E-state index is 0.0218. The third kappa shape index (κ3) is 2.95. The standard InChI is InChI=1S/C16H13NOS3/c1-2-17-15(19)14(21-16(17)18)10-12-8-9-13(20-12)11-6-4-3-5-7-11/h3-10H,2H2,1H3. The second kappa shape index (κ2) is 6.13. The van der Waals surface area contributed by atoms with Crippen LogP contribution in [-0.4, -0.2) is 21.7 Å². The highest BCUT2D eigenvalue weighted by Crippen LogP contribution is 2.35. The van der Waals surface area contributed by atoms with Crippen LogP contribution in [0.5, 0.6) is 0 Å². The minimum absolute atomic E-state index is 0.0218. The summed E-state index contributed by atoms with van der Waals surface area (Å²) in [5.41, 5.74) is 1.21. The zero-order valence-corrected chi connectivity index (χ0v) is 13.9. The molecule has 2 nitrogen and oxygen atoms in total. The summed E-state index contributed by atoms with van der Waals surface area (Å²) in [7, 11) is 0.